The highest BCUT2D eigenvalue weighted by Crippen LogP contribution is 2.45. The van der Waals surface area contributed by atoms with Crippen LogP contribution in [0.25, 0.3) is 10.9 Å². The molecule has 11 heteroatoms. The van der Waals surface area contributed by atoms with Crippen molar-refractivity contribution in [1.29, 1.82) is 0 Å². The number of nitrogens with one attached hydrogen (secondary N) is 1. The molecule has 0 radical (unpaired) electrons. The number of benzene rings is 2. The molecule has 2 aliphatic rings. The van der Waals surface area contributed by atoms with E-state index in [1.165, 1.54) is 6.26 Å². The third kappa shape index (κ3) is 6.37. The summed E-state index contributed by atoms with van der Waals surface area (Å²) in [4.78, 5) is 31.0. The first-order chi connectivity index (χ1) is 21.6. The summed E-state index contributed by atoms with van der Waals surface area (Å²) in [5, 5.41) is 8.88. The Kier molecular flexibility index (Phi) is 8.49. The zero-order valence-corrected chi connectivity index (χ0v) is 27.8. The second-order valence-corrected chi connectivity index (χ2v) is 19.1. The van der Waals surface area contributed by atoms with Gasteiger partial charge in [-0.1, -0.05) is 50.8 Å². The average Bonchev–Trinajstić information content (AvgIpc) is 3.68. The van der Waals surface area contributed by atoms with Gasteiger partial charge in [0, 0.05) is 57.1 Å². The minimum Gasteiger partial charge on any atom is -0.434 e. The number of nitrogens with zero attached hydrogens (tertiary/aromatic N) is 4. The van der Waals surface area contributed by atoms with Crippen molar-refractivity contribution in [3.05, 3.63) is 77.7 Å². The zero-order chi connectivity index (χ0) is 31.8. The molecule has 238 valence electrons. The molecule has 1 fully saturated rings. The molecule has 45 heavy (non-hydrogen) atoms. The first-order valence-electron chi connectivity index (χ1n) is 15.8. The number of furan rings is 1. The van der Waals surface area contributed by atoms with Crippen molar-refractivity contribution in [2.45, 2.75) is 83.7 Å². The molecule has 1 N–H and O–H groups in total. The minimum absolute atomic E-state index is 0.0931. The quantitative estimate of drug-likeness (QED) is 0.151. The number of urea groups is 1. The average molecular weight is 630 g/mol. The SMILES string of the molecule is CCC1(c2cc(C)c3nn(COCC[Si](C)(C)C)cc3c2)CC(N2Cc3ccccc3NC2=O)CCN1C(=O)Oc1ccco1. The number of hydrogen-bond acceptors (Lipinski definition) is 6. The number of likely N-dealkylation sites (tertiary alicyclic amines) is 1. The van der Waals surface area contributed by atoms with Gasteiger partial charge in [0.2, 0.25) is 0 Å². The maximum absolute atomic E-state index is 13.8. The van der Waals surface area contributed by atoms with E-state index >= 15 is 0 Å². The Morgan fingerprint density at radius 1 is 1.18 bits per heavy atom. The molecule has 2 atom stereocenters. The monoisotopic (exact) mass is 629 g/mol. The summed E-state index contributed by atoms with van der Waals surface area (Å²) in [5.74, 6) is 0.154. The fourth-order valence-electron chi connectivity index (χ4n) is 6.65. The van der Waals surface area contributed by atoms with Crippen LogP contribution in [0.15, 0.2) is 65.4 Å². The molecule has 0 bridgehead atoms. The van der Waals surface area contributed by atoms with E-state index in [-0.39, 0.29) is 18.0 Å². The van der Waals surface area contributed by atoms with Gasteiger partial charge in [0.15, 0.2) is 0 Å². The number of carbonyl (C=O) groups excluding carboxylic acids is 2. The molecule has 4 aromatic rings. The summed E-state index contributed by atoms with van der Waals surface area (Å²) in [6.45, 7) is 13.2. The molecular formula is C34H43N5O5Si. The highest BCUT2D eigenvalue weighted by Gasteiger charge is 2.48. The Balaban J connectivity index is 1.33. The smallest absolute Gasteiger partial charge is 0.418 e. The van der Waals surface area contributed by atoms with Crippen LogP contribution in [0, 0.1) is 6.92 Å². The summed E-state index contributed by atoms with van der Waals surface area (Å²) in [6.07, 6.45) is 4.84. The van der Waals surface area contributed by atoms with Gasteiger partial charge in [0.25, 0.3) is 5.95 Å². The number of rotatable bonds is 9. The second-order valence-electron chi connectivity index (χ2n) is 13.4. The Bertz CT molecular complexity index is 1680. The lowest BCUT2D eigenvalue weighted by Gasteiger charge is -2.51. The molecule has 2 unspecified atom stereocenters. The predicted molar refractivity (Wildman–Crippen MR) is 176 cm³/mol. The van der Waals surface area contributed by atoms with E-state index in [4.69, 9.17) is 19.0 Å². The van der Waals surface area contributed by atoms with Crippen molar-refractivity contribution in [2.75, 3.05) is 18.5 Å². The number of para-hydroxylation sites is 1. The topological polar surface area (TPSA) is 102 Å². The molecule has 1 saturated heterocycles. The summed E-state index contributed by atoms with van der Waals surface area (Å²) in [5.41, 5.74) is 4.11. The fourth-order valence-corrected chi connectivity index (χ4v) is 7.41. The van der Waals surface area contributed by atoms with Gasteiger partial charge in [-0.25, -0.2) is 14.3 Å². The Hall–Kier alpha value is -4.09. The van der Waals surface area contributed by atoms with Crippen LogP contribution < -0.4 is 10.1 Å². The predicted octanol–water partition coefficient (Wildman–Crippen LogP) is 7.57. The lowest BCUT2D eigenvalue weighted by Crippen LogP contribution is -2.60. The summed E-state index contributed by atoms with van der Waals surface area (Å²) < 4.78 is 18.9. The van der Waals surface area contributed by atoms with E-state index in [1.54, 1.807) is 12.1 Å². The third-order valence-corrected chi connectivity index (χ3v) is 10.9. The Morgan fingerprint density at radius 2 is 2.00 bits per heavy atom. The molecule has 2 aliphatic heterocycles. The van der Waals surface area contributed by atoms with Crippen molar-refractivity contribution in [1.82, 2.24) is 19.6 Å². The van der Waals surface area contributed by atoms with E-state index in [0.717, 1.165) is 45.9 Å². The van der Waals surface area contributed by atoms with E-state index in [2.05, 4.69) is 57.0 Å². The number of anilines is 1. The first kappa shape index (κ1) is 30.9. The Labute approximate surface area is 265 Å². The zero-order valence-electron chi connectivity index (χ0n) is 26.8. The number of hydrogen-bond donors (Lipinski definition) is 1. The second kappa shape index (κ2) is 12.4. The van der Waals surface area contributed by atoms with E-state index in [0.29, 0.717) is 39.1 Å². The minimum atomic E-state index is -1.18. The van der Waals surface area contributed by atoms with Gasteiger partial charge in [0.05, 0.1) is 17.3 Å². The number of ether oxygens (including phenoxy) is 2. The number of fused-ring (bicyclic) bond motifs is 2. The van der Waals surface area contributed by atoms with Crippen molar-refractivity contribution >= 4 is 36.8 Å². The van der Waals surface area contributed by atoms with Crippen molar-refractivity contribution < 1.29 is 23.5 Å². The lowest BCUT2D eigenvalue weighted by molar-refractivity contribution is 0.00879. The van der Waals surface area contributed by atoms with Gasteiger partial charge in [-0.2, -0.15) is 5.10 Å². The number of aromatic nitrogens is 2. The van der Waals surface area contributed by atoms with Crippen LogP contribution in [0.2, 0.25) is 25.7 Å². The fraction of sp³-hybridized carbons (Fsp3) is 0.441. The standard InChI is InChI=1S/C34H43N5O5Si/c1-6-34(27-18-24(2)31-26(19-27)21-37(36-31)23-42-16-17-45(3,4)5)20-28(13-14-39(34)33(41)44-30-12-9-15-43-30)38-22-25-10-7-8-11-29(25)35-32(38)40/h7-12,15,18-19,21,28H,6,13-14,16-17,20,22-23H2,1-5H3,(H,35,40). The van der Waals surface area contributed by atoms with Crippen LogP contribution in [0.4, 0.5) is 15.3 Å². The maximum atomic E-state index is 13.8. The molecule has 0 spiro atoms. The highest BCUT2D eigenvalue weighted by molar-refractivity contribution is 6.76. The molecule has 4 heterocycles. The van der Waals surface area contributed by atoms with Crippen LogP contribution in [-0.4, -0.2) is 59.0 Å². The molecule has 2 aromatic heterocycles. The number of piperidine rings is 1. The van der Waals surface area contributed by atoms with E-state index in [1.807, 2.05) is 38.9 Å². The molecule has 0 saturated carbocycles. The summed E-state index contributed by atoms with van der Waals surface area (Å²) in [7, 11) is -1.18. The van der Waals surface area contributed by atoms with Crippen LogP contribution in [0.3, 0.4) is 0 Å². The first-order valence-corrected chi connectivity index (χ1v) is 19.5. The van der Waals surface area contributed by atoms with Gasteiger partial charge in [-0.05, 0) is 67.1 Å². The summed E-state index contributed by atoms with van der Waals surface area (Å²) in [6, 6.07) is 16.4. The van der Waals surface area contributed by atoms with Crippen LogP contribution in [0.5, 0.6) is 5.95 Å². The third-order valence-electron chi connectivity index (χ3n) is 9.17. The van der Waals surface area contributed by atoms with Gasteiger partial charge in [-0.3, -0.25) is 4.90 Å². The normalized spacial score (nSPS) is 20.3. The van der Waals surface area contributed by atoms with Crippen molar-refractivity contribution in [3.8, 4) is 5.95 Å². The molecule has 6 rings (SSSR count). The van der Waals surface area contributed by atoms with Crippen molar-refractivity contribution in [3.63, 3.8) is 0 Å². The van der Waals surface area contributed by atoms with Gasteiger partial charge < -0.3 is 24.1 Å². The van der Waals surface area contributed by atoms with Gasteiger partial charge in [-0.15, -0.1) is 0 Å². The molecule has 0 aliphatic carbocycles. The molecular weight excluding hydrogens is 586 g/mol. The van der Waals surface area contributed by atoms with Gasteiger partial charge >= 0.3 is 12.1 Å². The molecule has 10 nitrogen and oxygen atoms in total. The van der Waals surface area contributed by atoms with Gasteiger partial charge in [0.1, 0.15) is 6.73 Å². The van der Waals surface area contributed by atoms with Crippen LogP contribution in [0.1, 0.15) is 42.9 Å². The number of carbonyl (C=O) groups is 2. The van der Waals surface area contributed by atoms with Crippen LogP contribution in [-0.2, 0) is 23.6 Å². The van der Waals surface area contributed by atoms with Crippen molar-refractivity contribution in [2.24, 2.45) is 0 Å². The largest absolute Gasteiger partial charge is 0.434 e. The number of aryl methyl sites for hydroxylation is 1. The molecule has 3 amide bonds. The highest BCUT2D eigenvalue weighted by atomic mass is 28.3. The van der Waals surface area contributed by atoms with E-state index in [9.17, 15) is 9.59 Å². The summed E-state index contributed by atoms with van der Waals surface area (Å²) >= 11 is 0. The lowest BCUT2D eigenvalue weighted by atomic mass is 9.75. The number of amides is 3. The Morgan fingerprint density at radius 3 is 2.76 bits per heavy atom. The molecule has 2 aromatic carbocycles. The maximum Gasteiger partial charge on any atom is 0.418 e. The van der Waals surface area contributed by atoms with Crippen LogP contribution >= 0.6 is 0 Å². The van der Waals surface area contributed by atoms with E-state index < -0.39 is 19.7 Å².